The molecule has 1 aliphatic rings. The summed E-state index contributed by atoms with van der Waals surface area (Å²) in [5.41, 5.74) is 5.14. The first-order valence-corrected chi connectivity index (χ1v) is 16.1. The highest BCUT2D eigenvalue weighted by Gasteiger charge is 2.43. The molecule has 8 heteroatoms. The van der Waals surface area contributed by atoms with Crippen molar-refractivity contribution in [3.05, 3.63) is 93.5 Å². The second-order valence-corrected chi connectivity index (χ2v) is 12.3. The molecule has 236 valence electrons. The molecule has 0 radical (unpaired) electrons. The topological polar surface area (TPSA) is 93.1 Å². The third-order valence-corrected chi connectivity index (χ3v) is 9.34. The van der Waals surface area contributed by atoms with Gasteiger partial charge in [0.1, 0.15) is 0 Å². The van der Waals surface area contributed by atoms with Crippen LogP contribution in [-0.4, -0.2) is 65.7 Å². The van der Waals surface area contributed by atoms with Crippen LogP contribution in [0.15, 0.2) is 60.7 Å². The summed E-state index contributed by atoms with van der Waals surface area (Å²) in [5.74, 6) is -0.284. The monoisotopic (exact) mass is 619 g/mol. The van der Waals surface area contributed by atoms with Crippen LogP contribution in [0.4, 0.5) is 4.79 Å². The first-order valence-electron chi connectivity index (χ1n) is 15.7. The van der Waals surface area contributed by atoms with Crippen molar-refractivity contribution in [3.63, 3.8) is 0 Å². The smallest absolute Gasteiger partial charge is 0.407 e. The average molecular weight is 620 g/mol. The first-order chi connectivity index (χ1) is 21.1. The van der Waals surface area contributed by atoms with Crippen molar-refractivity contribution in [1.82, 2.24) is 15.1 Å². The Morgan fingerprint density at radius 3 is 2.55 bits per heavy atom. The van der Waals surface area contributed by atoms with Gasteiger partial charge in [0.2, 0.25) is 0 Å². The standard InChI is InChI=1S/C36H46ClN3O4/c1-5-25-11-7-12-28(21-25)33-31(14-8-15-32(33)37)36(44,18-10-19-39(4)35(42)43)29-13-9-20-40(24-29)34(41)30-17-16-26(23-38-3)22-27(30)6-2/h7-8,11-12,14-17,21-22,29,38,44H,5-6,9-10,13,18-20,23-24H2,1-4H3,(H,42,43)/t29-,36?/m1/s1. The molecule has 0 bridgehead atoms. The highest BCUT2D eigenvalue weighted by Crippen LogP contribution is 2.46. The Kier molecular flexibility index (Phi) is 11.5. The lowest BCUT2D eigenvalue weighted by atomic mass is 9.72. The molecular weight excluding hydrogens is 574 g/mol. The Balaban J connectivity index is 1.73. The summed E-state index contributed by atoms with van der Waals surface area (Å²) in [6.07, 6.45) is 2.89. The van der Waals surface area contributed by atoms with E-state index in [1.165, 1.54) is 17.5 Å². The minimum absolute atomic E-state index is 0.0162. The van der Waals surface area contributed by atoms with Gasteiger partial charge in [-0.3, -0.25) is 4.79 Å². The molecule has 4 rings (SSSR count). The van der Waals surface area contributed by atoms with Gasteiger partial charge < -0.3 is 25.3 Å². The molecule has 0 saturated carbocycles. The Bertz CT molecular complexity index is 1460. The first kappa shape index (κ1) is 33.5. The number of likely N-dealkylation sites (tertiary alicyclic amines) is 1. The van der Waals surface area contributed by atoms with Crippen LogP contribution in [0.2, 0.25) is 5.02 Å². The van der Waals surface area contributed by atoms with Crippen LogP contribution in [-0.2, 0) is 25.0 Å². The fourth-order valence-electron chi connectivity index (χ4n) is 6.55. The summed E-state index contributed by atoms with van der Waals surface area (Å²) >= 11 is 6.89. The second-order valence-electron chi connectivity index (χ2n) is 11.9. The van der Waals surface area contributed by atoms with Gasteiger partial charge in [0.05, 0.1) is 5.60 Å². The van der Waals surface area contributed by atoms with Gasteiger partial charge in [0.15, 0.2) is 0 Å². The average Bonchev–Trinajstić information content (AvgIpc) is 3.04. The van der Waals surface area contributed by atoms with Crippen molar-refractivity contribution in [2.45, 2.75) is 64.5 Å². The van der Waals surface area contributed by atoms with Crippen LogP contribution in [0.1, 0.15) is 72.1 Å². The van der Waals surface area contributed by atoms with Crippen LogP contribution >= 0.6 is 11.6 Å². The molecule has 2 amide bonds. The SMILES string of the molecule is CCc1cccc(-c2c(Cl)cccc2C(O)(CCCN(C)C(=O)O)[C@@H]2CCCN(C(=O)c3ccc(CNC)cc3CC)C2)c1. The quantitative estimate of drug-likeness (QED) is 0.203. The number of carboxylic acid groups (broad SMARTS) is 1. The summed E-state index contributed by atoms with van der Waals surface area (Å²) in [7, 11) is 3.45. The van der Waals surface area contributed by atoms with Crippen molar-refractivity contribution < 1.29 is 19.8 Å². The van der Waals surface area contributed by atoms with Crippen molar-refractivity contribution in [2.75, 3.05) is 33.7 Å². The predicted molar refractivity (Wildman–Crippen MR) is 177 cm³/mol. The number of carbonyl (C=O) groups is 2. The number of benzene rings is 3. The summed E-state index contributed by atoms with van der Waals surface area (Å²) < 4.78 is 0. The lowest BCUT2D eigenvalue weighted by Gasteiger charge is -2.44. The normalized spacial score (nSPS) is 16.4. The third kappa shape index (κ3) is 7.45. The van der Waals surface area contributed by atoms with E-state index in [2.05, 4.69) is 37.4 Å². The van der Waals surface area contributed by atoms with Gasteiger partial charge in [-0.15, -0.1) is 0 Å². The lowest BCUT2D eigenvalue weighted by molar-refractivity contribution is -0.0572. The van der Waals surface area contributed by atoms with E-state index in [-0.39, 0.29) is 18.4 Å². The molecule has 1 heterocycles. The minimum atomic E-state index is -1.34. The number of aryl methyl sites for hydroxylation is 2. The van der Waals surface area contributed by atoms with E-state index >= 15 is 0 Å². The highest BCUT2D eigenvalue weighted by atomic mass is 35.5. The van der Waals surface area contributed by atoms with Gasteiger partial charge in [-0.05, 0) is 85.5 Å². The molecule has 1 unspecified atom stereocenters. The Morgan fingerprint density at radius 1 is 1.07 bits per heavy atom. The number of nitrogens with zero attached hydrogens (tertiary/aromatic N) is 2. The Morgan fingerprint density at radius 2 is 1.84 bits per heavy atom. The largest absolute Gasteiger partial charge is 0.465 e. The van der Waals surface area contributed by atoms with Crippen molar-refractivity contribution in [2.24, 2.45) is 5.92 Å². The van der Waals surface area contributed by atoms with Gasteiger partial charge >= 0.3 is 6.09 Å². The number of amides is 2. The van der Waals surface area contributed by atoms with Crippen LogP contribution in [0.5, 0.6) is 0 Å². The number of halogens is 1. The van der Waals surface area contributed by atoms with E-state index in [0.29, 0.717) is 36.5 Å². The molecule has 2 atom stereocenters. The van der Waals surface area contributed by atoms with Gasteiger partial charge in [-0.2, -0.15) is 0 Å². The number of piperidine rings is 1. The molecule has 0 spiro atoms. The van der Waals surface area contributed by atoms with E-state index in [4.69, 9.17) is 11.6 Å². The van der Waals surface area contributed by atoms with Crippen LogP contribution in [0, 0.1) is 5.92 Å². The van der Waals surface area contributed by atoms with Crippen molar-refractivity contribution in [3.8, 4) is 11.1 Å². The van der Waals surface area contributed by atoms with E-state index in [1.807, 2.05) is 54.4 Å². The van der Waals surface area contributed by atoms with Gasteiger partial charge in [-0.1, -0.05) is 74.0 Å². The number of nitrogens with one attached hydrogen (secondary N) is 1. The zero-order valence-electron chi connectivity index (χ0n) is 26.4. The summed E-state index contributed by atoms with van der Waals surface area (Å²) in [6, 6.07) is 19.9. The maximum atomic E-state index is 14.0. The molecule has 3 aromatic carbocycles. The van der Waals surface area contributed by atoms with E-state index in [1.54, 1.807) is 0 Å². The molecule has 1 saturated heterocycles. The summed E-state index contributed by atoms with van der Waals surface area (Å²) in [4.78, 5) is 28.6. The number of rotatable bonds is 12. The molecule has 1 aliphatic heterocycles. The molecule has 1 fully saturated rings. The van der Waals surface area contributed by atoms with Crippen LogP contribution in [0.3, 0.4) is 0 Å². The summed E-state index contributed by atoms with van der Waals surface area (Å²) in [6.45, 7) is 6.21. The highest BCUT2D eigenvalue weighted by molar-refractivity contribution is 6.33. The van der Waals surface area contributed by atoms with E-state index in [0.717, 1.165) is 60.0 Å². The zero-order valence-corrected chi connectivity index (χ0v) is 27.2. The molecule has 0 aliphatic carbocycles. The lowest BCUT2D eigenvalue weighted by Crippen LogP contribution is -2.48. The molecule has 7 nitrogen and oxygen atoms in total. The van der Waals surface area contributed by atoms with Gasteiger partial charge in [-0.25, -0.2) is 4.79 Å². The van der Waals surface area contributed by atoms with E-state index < -0.39 is 11.7 Å². The second kappa shape index (κ2) is 15.1. The van der Waals surface area contributed by atoms with E-state index in [9.17, 15) is 19.8 Å². The summed E-state index contributed by atoms with van der Waals surface area (Å²) in [5, 5.41) is 26.0. The van der Waals surface area contributed by atoms with Gasteiger partial charge in [0.25, 0.3) is 5.91 Å². The fraction of sp³-hybridized carbons (Fsp3) is 0.444. The molecule has 3 aromatic rings. The Labute approximate surface area is 266 Å². The maximum Gasteiger partial charge on any atom is 0.407 e. The molecule has 0 aromatic heterocycles. The Hall–Kier alpha value is -3.39. The van der Waals surface area contributed by atoms with Crippen LogP contribution in [0.25, 0.3) is 11.1 Å². The maximum absolute atomic E-state index is 14.0. The molecule has 3 N–H and O–H groups in total. The molecular formula is C36H46ClN3O4. The third-order valence-electron chi connectivity index (χ3n) is 9.03. The number of hydrogen-bond acceptors (Lipinski definition) is 4. The van der Waals surface area contributed by atoms with Crippen molar-refractivity contribution in [1.29, 1.82) is 0 Å². The number of carbonyl (C=O) groups excluding carboxylic acids is 1. The predicted octanol–water partition coefficient (Wildman–Crippen LogP) is 6.98. The number of hydrogen-bond donors (Lipinski definition) is 3. The van der Waals surface area contributed by atoms with Crippen molar-refractivity contribution >= 4 is 23.6 Å². The van der Waals surface area contributed by atoms with Gasteiger partial charge in [0, 0.05) is 55.3 Å². The minimum Gasteiger partial charge on any atom is -0.465 e. The fourth-order valence-corrected chi connectivity index (χ4v) is 6.83. The van der Waals surface area contributed by atoms with Crippen LogP contribution < -0.4 is 5.32 Å². The molecule has 44 heavy (non-hydrogen) atoms. The number of aliphatic hydroxyl groups is 1. The zero-order chi connectivity index (χ0) is 31.9.